The highest BCUT2D eigenvalue weighted by Gasteiger charge is 2.15. The van der Waals surface area contributed by atoms with Gasteiger partial charge in [0.15, 0.2) is 0 Å². The molecule has 1 aromatic carbocycles. The highest BCUT2D eigenvalue weighted by atomic mass is 32.1. The van der Waals surface area contributed by atoms with Gasteiger partial charge in [-0.25, -0.2) is 4.79 Å². The summed E-state index contributed by atoms with van der Waals surface area (Å²) in [6.07, 6.45) is 0. The Bertz CT molecular complexity index is 566. The number of nitrogens with zero attached hydrogens (tertiary/aromatic N) is 2. The van der Waals surface area contributed by atoms with Gasteiger partial charge in [-0.05, 0) is 25.5 Å². The monoisotopic (exact) mass is 250 g/mol. The third-order valence-corrected chi connectivity index (χ3v) is 2.86. The fourth-order valence-electron chi connectivity index (χ4n) is 1.36. The van der Waals surface area contributed by atoms with Crippen LogP contribution in [-0.2, 0) is 0 Å². The van der Waals surface area contributed by atoms with Crippen molar-refractivity contribution >= 4 is 17.3 Å². The minimum atomic E-state index is -1.02. The van der Waals surface area contributed by atoms with Gasteiger partial charge >= 0.3 is 5.97 Å². The molecule has 0 saturated carbocycles. The molecule has 0 unspecified atom stereocenters. The van der Waals surface area contributed by atoms with Crippen molar-refractivity contribution in [1.29, 1.82) is 0 Å². The second-order valence-electron chi connectivity index (χ2n) is 3.45. The van der Waals surface area contributed by atoms with Crippen LogP contribution in [0.1, 0.15) is 20.9 Å². The van der Waals surface area contributed by atoms with Gasteiger partial charge < -0.3 is 9.84 Å². The lowest BCUT2D eigenvalue weighted by Gasteiger charge is -2.08. The fraction of sp³-hybridized carbons (Fsp3) is 0.182. The second-order valence-corrected chi connectivity index (χ2v) is 4.59. The van der Waals surface area contributed by atoms with Crippen molar-refractivity contribution in [2.24, 2.45) is 0 Å². The zero-order chi connectivity index (χ0) is 12.4. The van der Waals surface area contributed by atoms with E-state index in [0.717, 1.165) is 10.6 Å². The number of aromatic carboxylic acids is 1. The van der Waals surface area contributed by atoms with E-state index in [2.05, 4.69) is 10.2 Å². The van der Waals surface area contributed by atoms with E-state index in [-0.39, 0.29) is 5.56 Å². The number of carbonyl (C=O) groups is 1. The predicted molar refractivity (Wildman–Crippen MR) is 62.9 cm³/mol. The van der Waals surface area contributed by atoms with Crippen LogP contribution in [0.4, 0.5) is 0 Å². The Morgan fingerprint density at radius 2 is 2.12 bits per heavy atom. The molecule has 0 aliphatic rings. The molecule has 17 heavy (non-hydrogen) atoms. The van der Waals surface area contributed by atoms with Crippen molar-refractivity contribution in [2.45, 2.75) is 13.8 Å². The van der Waals surface area contributed by atoms with Crippen molar-refractivity contribution in [3.05, 3.63) is 34.3 Å². The molecule has 0 radical (unpaired) electrons. The van der Waals surface area contributed by atoms with Crippen LogP contribution in [0.5, 0.6) is 10.9 Å². The lowest BCUT2D eigenvalue weighted by atomic mass is 10.1. The summed E-state index contributed by atoms with van der Waals surface area (Å²) in [6, 6.07) is 4.96. The van der Waals surface area contributed by atoms with E-state index in [0.29, 0.717) is 10.9 Å². The van der Waals surface area contributed by atoms with Gasteiger partial charge in [0.2, 0.25) is 0 Å². The molecule has 0 amide bonds. The van der Waals surface area contributed by atoms with E-state index in [4.69, 9.17) is 9.84 Å². The number of carboxylic acids is 1. The lowest BCUT2D eigenvalue weighted by Crippen LogP contribution is -2.01. The van der Waals surface area contributed by atoms with Crippen molar-refractivity contribution in [2.75, 3.05) is 0 Å². The van der Waals surface area contributed by atoms with Crippen LogP contribution in [0.3, 0.4) is 0 Å². The molecular weight excluding hydrogens is 240 g/mol. The third-order valence-electron chi connectivity index (χ3n) is 2.14. The standard InChI is InChI=1S/C11H10N2O3S/c1-6-4-3-5-8(10(14)15)9(6)16-11-13-12-7(2)17-11/h3-5H,1-2H3,(H,14,15). The smallest absolute Gasteiger partial charge is 0.339 e. The highest BCUT2D eigenvalue weighted by Crippen LogP contribution is 2.30. The van der Waals surface area contributed by atoms with Crippen molar-refractivity contribution in [3.63, 3.8) is 0 Å². The molecule has 1 heterocycles. The molecule has 0 aliphatic heterocycles. The van der Waals surface area contributed by atoms with Gasteiger partial charge in [-0.1, -0.05) is 28.6 Å². The molecule has 0 spiro atoms. The Morgan fingerprint density at radius 1 is 1.35 bits per heavy atom. The number of rotatable bonds is 3. The van der Waals surface area contributed by atoms with Crippen LogP contribution in [0.15, 0.2) is 18.2 Å². The topological polar surface area (TPSA) is 72.3 Å². The number of aromatic nitrogens is 2. The molecule has 0 bridgehead atoms. The maximum absolute atomic E-state index is 11.1. The number of carboxylic acid groups (broad SMARTS) is 1. The molecule has 6 heteroatoms. The molecule has 0 saturated heterocycles. The lowest BCUT2D eigenvalue weighted by molar-refractivity contribution is 0.0694. The summed E-state index contributed by atoms with van der Waals surface area (Å²) in [6.45, 7) is 3.59. The first-order valence-electron chi connectivity index (χ1n) is 4.89. The van der Waals surface area contributed by atoms with Gasteiger partial charge in [0.25, 0.3) is 5.19 Å². The second kappa shape index (κ2) is 4.50. The van der Waals surface area contributed by atoms with E-state index in [1.165, 1.54) is 17.4 Å². The van der Waals surface area contributed by atoms with Crippen LogP contribution >= 0.6 is 11.3 Å². The molecule has 5 nitrogen and oxygen atoms in total. The summed E-state index contributed by atoms with van der Waals surface area (Å²) in [5.41, 5.74) is 0.871. The quantitative estimate of drug-likeness (QED) is 0.906. The van der Waals surface area contributed by atoms with E-state index in [9.17, 15) is 4.79 Å². The zero-order valence-electron chi connectivity index (χ0n) is 9.30. The van der Waals surface area contributed by atoms with Gasteiger partial charge in [0.1, 0.15) is 16.3 Å². The fourth-order valence-corrected chi connectivity index (χ4v) is 1.90. The summed E-state index contributed by atoms with van der Waals surface area (Å²) in [5, 5.41) is 17.8. The van der Waals surface area contributed by atoms with Gasteiger partial charge in [-0.2, -0.15) is 0 Å². The zero-order valence-corrected chi connectivity index (χ0v) is 10.1. The minimum absolute atomic E-state index is 0.123. The predicted octanol–water partition coefficient (Wildman–Crippen LogP) is 2.65. The molecule has 0 atom stereocenters. The molecule has 0 aliphatic carbocycles. The van der Waals surface area contributed by atoms with Crippen LogP contribution in [0.25, 0.3) is 0 Å². The van der Waals surface area contributed by atoms with E-state index < -0.39 is 5.97 Å². The van der Waals surface area contributed by atoms with E-state index >= 15 is 0 Å². The summed E-state index contributed by atoms with van der Waals surface area (Å²) in [7, 11) is 0. The average molecular weight is 250 g/mol. The maximum atomic E-state index is 11.1. The number of benzene rings is 1. The molecule has 2 rings (SSSR count). The van der Waals surface area contributed by atoms with Crippen molar-refractivity contribution in [3.8, 4) is 10.9 Å². The van der Waals surface area contributed by atoms with Crippen LogP contribution in [0, 0.1) is 13.8 Å². The van der Waals surface area contributed by atoms with Crippen molar-refractivity contribution in [1.82, 2.24) is 10.2 Å². The number of hydrogen-bond donors (Lipinski definition) is 1. The van der Waals surface area contributed by atoms with Crippen molar-refractivity contribution < 1.29 is 14.6 Å². The Kier molecular flexibility index (Phi) is 3.06. The summed E-state index contributed by atoms with van der Waals surface area (Å²) in [5.74, 6) is -0.707. The third kappa shape index (κ3) is 2.42. The number of hydrogen-bond acceptors (Lipinski definition) is 5. The first-order valence-corrected chi connectivity index (χ1v) is 5.70. The Hall–Kier alpha value is -1.95. The van der Waals surface area contributed by atoms with Gasteiger partial charge in [0.05, 0.1) is 0 Å². The largest absolute Gasteiger partial charge is 0.478 e. The van der Waals surface area contributed by atoms with Gasteiger partial charge in [-0.3, -0.25) is 0 Å². The summed E-state index contributed by atoms with van der Waals surface area (Å²) < 4.78 is 5.49. The van der Waals surface area contributed by atoms with Gasteiger partial charge in [-0.15, -0.1) is 5.10 Å². The van der Waals surface area contributed by atoms with E-state index in [1.807, 2.05) is 0 Å². The molecule has 88 valence electrons. The Morgan fingerprint density at radius 3 is 2.71 bits per heavy atom. The molecule has 0 fully saturated rings. The number of aryl methyl sites for hydroxylation is 2. The molecule has 1 aromatic heterocycles. The molecular formula is C11H10N2O3S. The maximum Gasteiger partial charge on any atom is 0.339 e. The van der Waals surface area contributed by atoms with Crippen LogP contribution in [0.2, 0.25) is 0 Å². The average Bonchev–Trinajstić information content (AvgIpc) is 2.67. The number of para-hydroxylation sites is 1. The number of ether oxygens (including phenoxy) is 1. The molecule has 2 aromatic rings. The Balaban J connectivity index is 2.40. The Labute approximate surface area is 102 Å². The van der Waals surface area contributed by atoms with Crippen LogP contribution < -0.4 is 4.74 Å². The first kappa shape index (κ1) is 11.5. The van der Waals surface area contributed by atoms with E-state index in [1.54, 1.807) is 26.0 Å². The summed E-state index contributed by atoms with van der Waals surface area (Å²) in [4.78, 5) is 11.1. The first-order chi connectivity index (χ1) is 8.08. The normalized spacial score (nSPS) is 10.2. The highest BCUT2D eigenvalue weighted by molar-refractivity contribution is 7.13. The summed E-state index contributed by atoms with van der Waals surface area (Å²) >= 11 is 1.27. The minimum Gasteiger partial charge on any atom is -0.478 e. The molecule has 1 N–H and O–H groups in total. The SMILES string of the molecule is Cc1nnc(Oc2c(C)cccc2C(=O)O)s1. The van der Waals surface area contributed by atoms with Gasteiger partial charge in [0, 0.05) is 0 Å². The van der Waals surface area contributed by atoms with Crippen LogP contribution in [-0.4, -0.2) is 21.3 Å².